The summed E-state index contributed by atoms with van der Waals surface area (Å²) in [6, 6.07) is 0. The molecule has 20 heavy (non-hydrogen) atoms. The van der Waals surface area contributed by atoms with Gasteiger partial charge in [-0.1, -0.05) is 31.4 Å². The zero-order chi connectivity index (χ0) is 14.3. The van der Waals surface area contributed by atoms with Gasteiger partial charge in [0.25, 0.3) is 0 Å². The summed E-state index contributed by atoms with van der Waals surface area (Å²) >= 11 is 0. The number of unbranched alkanes of at least 4 members (excludes halogenated alkanes) is 3. The summed E-state index contributed by atoms with van der Waals surface area (Å²) in [5.74, 6) is 0. The standard InChI is InChI=1S/C14H28N4O2/c1-2-3-4-5-6-15-8-11-19-13-14-20-12-10-18-9-7-16-17-18/h7,9,15H,2-6,8,10-14H2,1H3. The fourth-order valence-electron chi connectivity index (χ4n) is 1.78. The molecule has 1 N–H and O–H groups in total. The molecule has 0 saturated carbocycles. The van der Waals surface area contributed by atoms with Crippen molar-refractivity contribution >= 4 is 0 Å². The van der Waals surface area contributed by atoms with Crippen molar-refractivity contribution in [2.45, 2.75) is 39.2 Å². The molecule has 0 fully saturated rings. The van der Waals surface area contributed by atoms with E-state index in [0.29, 0.717) is 19.8 Å². The monoisotopic (exact) mass is 284 g/mol. The van der Waals surface area contributed by atoms with Gasteiger partial charge in [0.1, 0.15) is 0 Å². The molecular formula is C14H28N4O2. The predicted molar refractivity (Wildman–Crippen MR) is 78.7 cm³/mol. The Balaban J connectivity index is 1.70. The Morgan fingerprint density at radius 1 is 1.00 bits per heavy atom. The summed E-state index contributed by atoms with van der Waals surface area (Å²) < 4.78 is 12.7. The Labute approximate surface area is 121 Å². The maximum Gasteiger partial charge on any atom is 0.0701 e. The van der Waals surface area contributed by atoms with Gasteiger partial charge in [0, 0.05) is 12.7 Å². The third-order valence-corrected chi connectivity index (χ3v) is 2.94. The van der Waals surface area contributed by atoms with Crippen LogP contribution in [-0.4, -0.2) is 54.5 Å². The molecule has 6 nitrogen and oxygen atoms in total. The van der Waals surface area contributed by atoms with E-state index >= 15 is 0 Å². The molecule has 0 aliphatic rings. The van der Waals surface area contributed by atoms with Crippen LogP contribution >= 0.6 is 0 Å². The largest absolute Gasteiger partial charge is 0.378 e. The summed E-state index contributed by atoms with van der Waals surface area (Å²) in [6.45, 7) is 7.65. The Morgan fingerprint density at radius 3 is 2.60 bits per heavy atom. The Morgan fingerprint density at radius 2 is 1.85 bits per heavy atom. The average molecular weight is 284 g/mol. The summed E-state index contributed by atoms with van der Waals surface area (Å²) in [5, 5.41) is 11.0. The van der Waals surface area contributed by atoms with E-state index in [0.717, 1.165) is 26.2 Å². The molecule has 0 amide bonds. The molecule has 0 aromatic carbocycles. The van der Waals surface area contributed by atoms with Crippen molar-refractivity contribution in [3.63, 3.8) is 0 Å². The number of nitrogens with one attached hydrogen (secondary N) is 1. The van der Waals surface area contributed by atoms with Crippen LogP contribution in [0.3, 0.4) is 0 Å². The molecule has 0 radical (unpaired) electrons. The van der Waals surface area contributed by atoms with Crippen LogP contribution in [-0.2, 0) is 16.0 Å². The van der Waals surface area contributed by atoms with Crippen LogP contribution in [0.2, 0.25) is 0 Å². The molecule has 0 aliphatic heterocycles. The predicted octanol–water partition coefficient (Wildman–Crippen LogP) is 1.48. The van der Waals surface area contributed by atoms with Gasteiger partial charge in [-0.15, -0.1) is 5.10 Å². The average Bonchev–Trinajstić information content (AvgIpc) is 2.97. The number of hydrogen-bond donors (Lipinski definition) is 1. The lowest BCUT2D eigenvalue weighted by atomic mass is 10.2. The van der Waals surface area contributed by atoms with Crippen LogP contribution in [0.4, 0.5) is 0 Å². The first-order valence-electron chi connectivity index (χ1n) is 7.63. The zero-order valence-electron chi connectivity index (χ0n) is 12.6. The van der Waals surface area contributed by atoms with Crippen molar-refractivity contribution in [3.8, 4) is 0 Å². The molecule has 1 rings (SSSR count). The van der Waals surface area contributed by atoms with Crippen molar-refractivity contribution in [2.24, 2.45) is 0 Å². The minimum absolute atomic E-state index is 0.630. The van der Waals surface area contributed by atoms with Crippen LogP contribution < -0.4 is 5.32 Å². The number of rotatable bonds is 14. The summed E-state index contributed by atoms with van der Waals surface area (Å²) in [5.41, 5.74) is 0. The van der Waals surface area contributed by atoms with Crippen LogP contribution in [0.15, 0.2) is 12.4 Å². The first kappa shape index (κ1) is 17.1. The third kappa shape index (κ3) is 9.89. The van der Waals surface area contributed by atoms with Crippen molar-refractivity contribution < 1.29 is 9.47 Å². The van der Waals surface area contributed by atoms with Gasteiger partial charge in [-0.05, 0) is 13.0 Å². The second kappa shape index (κ2) is 13.0. The molecule has 0 unspecified atom stereocenters. The van der Waals surface area contributed by atoms with Crippen molar-refractivity contribution in [3.05, 3.63) is 12.4 Å². The number of hydrogen-bond acceptors (Lipinski definition) is 5. The lowest BCUT2D eigenvalue weighted by Crippen LogP contribution is -2.21. The Kier molecular flexibility index (Phi) is 11.1. The van der Waals surface area contributed by atoms with Gasteiger partial charge in [-0.3, -0.25) is 4.68 Å². The molecule has 6 heteroatoms. The van der Waals surface area contributed by atoms with E-state index in [-0.39, 0.29) is 0 Å². The molecule has 0 aliphatic carbocycles. The van der Waals surface area contributed by atoms with E-state index < -0.39 is 0 Å². The highest BCUT2D eigenvalue weighted by Crippen LogP contribution is 1.96. The normalized spacial score (nSPS) is 11.1. The lowest BCUT2D eigenvalue weighted by molar-refractivity contribution is 0.0449. The molecule has 0 atom stereocenters. The highest BCUT2D eigenvalue weighted by molar-refractivity contribution is 4.63. The second-order valence-electron chi connectivity index (χ2n) is 4.70. The van der Waals surface area contributed by atoms with Crippen molar-refractivity contribution in [1.82, 2.24) is 20.3 Å². The smallest absolute Gasteiger partial charge is 0.0701 e. The van der Waals surface area contributed by atoms with Gasteiger partial charge >= 0.3 is 0 Å². The van der Waals surface area contributed by atoms with E-state index in [1.165, 1.54) is 25.7 Å². The van der Waals surface area contributed by atoms with Crippen LogP contribution in [0.5, 0.6) is 0 Å². The fourth-order valence-corrected chi connectivity index (χ4v) is 1.78. The maximum atomic E-state index is 5.48. The van der Waals surface area contributed by atoms with Crippen molar-refractivity contribution in [2.75, 3.05) is 39.5 Å². The van der Waals surface area contributed by atoms with Gasteiger partial charge in [-0.2, -0.15) is 0 Å². The van der Waals surface area contributed by atoms with E-state index in [2.05, 4.69) is 22.6 Å². The molecule has 1 aromatic rings. The fraction of sp³-hybridized carbons (Fsp3) is 0.857. The molecular weight excluding hydrogens is 256 g/mol. The minimum Gasteiger partial charge on any atom is -0.378 e. The van der Waals surface area contributed by atoms with E-state index in [4.69, 9.17) is 9.47 Å². The summed E-state index contributed by atoms with van der Waals surface area (Å²) in [6.07, 6.45) is 8.71. The third-order valence-electron chi connectivity index (χ3n) is 2.94. The molecule has 0 spiro atoms. The molecule has 1 heterocycles. The maximum absolute atomic E-state index is 5.48. The van der Waals surface area contributed by atoms with Gasteiger partial charge < -0.3 is 14.8 Å². The van der Waals surface area contributed by atoms with Crippen LogP contribution in [0.25, 0.3) is 0 Å². The highest BCUT2D eigenvalue weighted by Gasteiger charge is 1.93. The van der Waals surface area contributed by atoms with Crippen LogP contribution in [0, 0.1) is 0 Å². The van der Waals surface area contributed by atoms with Gasteiger partial charge in [0.05, 0.1) is 39.2 Å². The van der Waals surface area contributed by atoms with Crippen LogP contribution in [0.1, 0.15) is 32.6 Å². The Bertz CT molecular complexity index is 293. The van der Waals surface area contributed by atoms with E-state index in [1.54, 1.807) is 10.9 Å². The molecule has 0 saturated heterocycles. The number of aromatic nitrogens is 3. The highest BCUT2D eigenvalue weighted by atomic mass is 16.5. The van der Waals surface area contributed by atoms with E-state index in [9.17, 15) is 0 Å². The number of ether oxygens (including phenoxy) is 2. The number of nitrogens with zero attached hydrogens (tertiary/aromatic N) is 3. The summed E-state index contributed by atoms with van der Waals surface area (Å²) in [4.78, 5) is 0. The molecule has 116 valence electrons. The lowest BCUT2D eigenvalue weighted by Gasteiger charge is -2.07. The molecule has 0 bridgehead atoms. The van der Waals surface area contributed by atoms with Gasteiger partial charge in [0.2, 0.25) is 0 Å². The first-order valence-corrected chi connectivity index (χ1v) is 7.63. The summed E-state index contributed by atoms with van der Waals surface area (Å²) in [7, 11) is 0. The Hall–Kier alpha value is -0.980. The molecule has 1 aromatic heterocycles. The topological polar surface area (TPSA) is 61.2 Å². The second-order valence-corrected chi connectivity index (χ2v) is 4.70. The van der Waals surface area contributed by atoms with E-state index in [1.807, 2.05) is 6.20 Å². The first-order chi connectivity index (χ1) is 9.93. The SMILES string of the molecule is CCCCCCNCCOCCOCCn1ccnn1. The minimum atomic E-state index is 0.630. The quantitative estimate of drug-likeness (QED) is 0.524. The zero-order valence-corrected chi connectivity index (χ0v) is 12.6. The van der Waals surface area contributed by atoms with Gasteiger partial charge in [-0.25, -0.2) is 0 Å². The van der Waals surface area contributed by atoms with Gasteiger partial charge in [0.15, 0.2) is 0 Å². The van der Waals surface area contributed by atoms with Crippen molar-refractivity contribution in [1.29, 1.82) is 0 Å².